The molecule has 0 amide bonds. The fraction of sp³-hybridized carbons (Fsp3) is 0.261. The molecule has 0 bridgehead atoms. The van der Waals surface area contributed by atoms with Crippen molar-refractivity contribution in [2.24, 2.45) is 0 Å². The summed E-state index contributed by atoms with van der Waals surface area (Å²) in [6, 6.07) is 10.7. The van der Waals surface area contributed by atoms with Crippen molar-refractivity contribution in [3.8, 4) is 23.0 Å². The zero-order valence-electron chi connectivity index (χ0n) is 18.3. The van der Waals surface area contributed by atoms with Crippen LogP contribution < -0.4 is 18.9 Å². The van der Waals surface area contributed by atoms with Crippen molar-refractivity contribution in [1.82, 2.24) is 0 Å². The summed E-state index contributed by atoms with van der Waals surface area (Å²) in [7, 11) is 5.77. The zero-order valence-corrected chi connectivity index (χ0v) is 20.7. The molecule has 0 spiro atoms. The van der Waals surface area contributed by atoms with E-state index in [1.807, 2.05) is 6.07 Å². The Kier molecular flexibility index (Phi) is 7.63. The Bertz CT molecular complexity index is 1180. The quantitative estimate of drug-likeness (QED) is 0.395. The van der Waals surface area contributed by atoms with E-state index in [1.165, 1.54) is 35.5 Å². The van der Waals surface area contributed by atoms with Crippen molar-refractivity contribution < 1.29 is 32.7 Å². The molecular weight excluding hydrogens is 500 g/mol. The predicted molar refractivity (Wildman–Crippen MR) is 126 cm³/mol. The van der Waals surface area contributed by atoms with Crippen molar-refractivity contribution in [3.05, 3.63) is 52.0 Å². The van der Waals surface area contributed by atoms with Gasteiger partial charge in [0.2, 0.25) is 0 Å². The number of hydrogen-bond acceptors (Lipinski definition) is 7. The Hall–Kier alpha value is -2.78. The molecule has 3 aromatic rings. The van der Waals surface area contributed by atoms with E-state index in [-0.39, 0.29) is 17.1 Å². The van der Waals surface area contributed by atoms with Gasteiger partial charge in [-0.05, 0) is 28.1 Å². The van der Waals surface area contributed by atoms with Crippen LogP contribution >= 0.6 is 15.9 Å². The van der Waals surface area contributed by atoms with Crippen LogP contribution in [0.2, 0.25) is 0 Å². The molecule has 0 saturated carbocycles. The number of esters is 1. The minimum atomic E-state index is -1.47. The Labute approximate surface area is 197 Å². The number of rotatable bonds is 8. The van der Waals surface area contributed by atoms with Crippen LogP contribution in [0.4, 0.5) is 0 Å². The van der Waals surface area contributed by atoms with E-state index in [1.54, 1.807) is 30.3 Å². The van der Waals surface area contributed by atoms with E-state index in [9.17, 15) is 9.00 Å². The minimum Gasteiger partial charge on any atom is -0.496 e. The van der Waals surface area contributed by atoms with Gasteiger partial charge in [-0.2, -0.15) is 0 Å². The number of carbonyl (C=O) groups excluding carboxylic acids is 1. The minimum absolute atomic E-state index is 0.00408. The highest BCUT2D eigenvalue weighted by Gasteiger charge is 2.31. The van der Waals surface area contributed by atoms with Crippen molar-refractivity contribution >= 4 is 43.5 Å². The summed E-state index contributed by atoms with van der Waals surface area (Å²) >= 11 is 3.58. The van der Waals surface area contributed by atoms with Crippen molar-refractivity contribution in [2.45, 2.75) is 10.6 Å². The molecule has 7 nitrogen and oxygen atoms in total. The number of hydrogen-bond donors (Lipinski definition) is 0. The molecule has 0 N–H and O–H groups in total. The highest BCUT2D eigenvalue weighted by molar-refractivity contribution is 9.10. The van der Waals surface area contributed by atoms with Gasteiger partial charge in [0.25, 0.3) is 0 Å². The normalized spacial score (nSPS) is 11.7. The zero-order chi connectivity index (χ0) is 23.4. The first-order chi connectivity index (χ1) is 15.4. The molecule has 0 radical (unpaired) electrons. The molecule has 3 aromatic carbocycles. The van der Waals surface area contributed by atoms with Gasteiger partial charge in [0, 0.05) is 21.9 Å². The SMILES string of the molecule is COC(=O)c1c(CS(=O)c2ccccc2)c(OC)c2c(Br)c(OC)cc(OC)c2c1OC. The molecule has 170 valence electrons. The van der Waals surface area contributed by atoms with Crippen LogP contribution in [0, 0.1) is 0 Å². The standard InChI is InChI=1S/C23H23BrO7S/c1-27-15-11-16(28-2)20(24)19-18(15)22(30-4)17(23(25)31-5)14(21(19)29-3)12-32(26)13-9-7-6-8-10-13/h6-11H,12H2,1-5H3. The van der Waals surface area contributed by atoms with Crippen LogP contribution in [-0.4, -0.2) is 45.7 Å². The number of ether oxygens (including phenoxy) is 5. The fourth-order valence-electron chi connectivity index (χ4n) is 3.56. The molecule has 0 fully saturated rings. The summed E-state index contributed by atoms with van der Waals surface area (Å²) in [6.45, 7) is 0. The molecule has 0 saturated heterocycles. The smallest absolute Gasteiger partial charge is 0.342 e. The second-order valence-electron chi connectivity index (χ2n) is 6.56. The van der Waals surface area contributed by atoms with Crippen LogP contribution in [0.1, 0.15) is 15.9 Å². The first-order valence-corrected chi connectivity index (χ1v) is 11.6. The number of fused-ring (bicyclic) bond motifs is 1. The molecule has 0 aliphatic heterocycles. The molecule has 0 aromatic heterocycles. The van der Waals surface area contributed by atoms with E-state index >= 15 is 0 Å². The van der Waals surface area contributed by atoms with Gasteiger partial charge >= 0.3 is 5.97 Å². The summed E-state index contributed by atoms with van der Waals surface area (Å²) < 4.78 is 41.4. The monoisotopic (exact) mass is 522 g/mol. The lowest BCUT2D eigenvalue weighted by Gasteiger charge is -2.22. The highest BCUT2D eigenvalue weighted by atomic mass is 79.9. The maximum absolute atomic E-state index is 13.2. The molecule has 1 unspecified atom stereocenters. The summed E-state index contributed by atoms with van der Waals surface area (Å²) in [6.07, 6.45) is 0. The van der Waals surface area contributed by atoms with E-state index in [4.69, 9.17) is 23.7 Å². The Morgan fingerprint density at radius 1 is 0.875 bits per heavy atom. The number of halogens is 1. The number of methoxy groups -OCH3 is 5. The predicted octanol–water partition coefficient (Wildman–Crippen LogP) is 4.73. The third-order valence-corrected chi connectivity index (χ3v) is 7.11. The average Bonchev–Trinajstić information content (AvgIpc) is 2.83. The third-order valence-electron chi connectivity index (χ3n) is 4.97. The third kappa shape index (κ3) is 4.14. The maximum atomic E-state index is 13.2. The fourth-order valence-corrected chi connectivity index (χ4v) is 5.38. The topological polar surface area (TPSA) is 80.3 Å². The van der Waals surface area contributed by atoms with Crippen LogP contribution in [0.15, 0.2) is 45.8 Å². The second-order valence-corrected chi connectivity index (χ2v) is 8.80. The molecular formula is C23H23BrO7S. The van der Waals surface area contributed by atoms with Crippen molar-refractivity contribution in [2.75, 3.05) is 35.5 Å². The second kappa shape index (κ2) is 10.2. The molecule has 0 aliphatic carbocycles. The first-order valence-electron chi connectivity index (χ1n) is 9.46. The van der Waals surface area contributed by atoms with E-state index < -0.39 is 16.8 Å². The van der Waals surface area contributed by atoms with Crippen LogP contribution in [0.25, 0.3) is 10.8 Å². The van der Waals surface area contributed by atoms with E-state index in [0.717, 1.165) is 0 Å². The molecule has 0 heterocycles. The van der Waals surface area contributed by atoms with E-state index in [2.05, 4.69) is 15.9 Å². The molecule has 0 aliphatic rings. The van der Waals surface area contributed by atoms with Crippen LogP contribution in [0.5, 0.6) is 23.0 Å². The Morgan fingerprint density at radius 2 is 1.50 bits per heavy atom. The highest BCUT2D eigenvalue weighted by Crippen LogP contribution is 2.51. The summed E-state index contributed by atoms with van der Waals surface area (Å²) in [5, 5.41) is 1.06. The van der Waals surface area contributed by atoms with Gasteiger partial charge in [-0.25, -0.2) is 4.79 Å². The molecule has 3 rings (SSSR count). The van der Waals surface area contributed by atoms with Gasteiger partial charge in [0.05, 0.1) is 62.0 Å². The van der Waals surface area contributed by atoms with Gasteiger partial charge in [-0.1, -0.05) is 18.2 Å². The Balaban J connectivity index is 2.47. The lowest BCUT2D eigenvalue weighted by atomic mass is 9.97. The molecule has 9 heteroatoms. The maximum Gasteiger partial charge on any atom is 0.342 e. The summed E-state index contributed by atoms with van der Waals surface area (Å²) in [5.74, 6) is 0.834. The summed E-state index contributed by atoms with van der Waals surface area (Å²) in [4.78, 5) is 13.5. The molecule has 1 atom stereocenters. The Morgan fingerprint density at radius 3 is 2.03 bits per heavy atom. The summed E-state index contributed by atoms with van der Waals surface area (Å²) in [5.41, 5.74) is 0.515. The van der Waals surface area contributed by atoms with Gasteiger partial charge < -0.3 is 23.7 Å². The van der Waals surface area contributed by atoms with Crippen molar-refractivity contribution in [1.29, 1.82) is 0 Å². The van der Waals surface area contributed by atoms with Crippen LogP contribution in [-0.2, 0) is 21.3 Å². The van der Waals surface area contributed by atoms with Gasteiger partial charge in [0.15, 0.2) is 0 Å². The van der Waals surface area contributed by atoms with Gasteiger partial charge in [-0.3, -0.25) is 4.21 Å². The number of carbonyl (C=O) groups is 1. The van der Waals surface area contributed by atoms with Crippen molar-refractivity contribution in [3.63, 3.8) is 0 Å². The lowest BCUT2D eigenvalue weighted by molar-refractivity contribution is 0.0596. The van der Waals surface area contributed by atoms with Gasteiger partial charge in [-0.15, -0.1) is 0 Å². The number of benzene rings is 3. The van der Waals surface area contributed by atoms with Gasteiger partial charge in [0.1, 0.15) is 28.6 Å². The first kappa shape index (κ1) is 23.9. The van der Waals surface area contributed by atoms with Crippen LogP contribution in [0.3, 0.4) is 0 Å². The largest absolute Gasteiger partial charge is 0.496 e. The molecule has 32 heavy (non-hydrogen) atoms. The lowest BCUT2D eigenvalue weighted by Crippen LogP contribution is -2.13. The van der Waals surface area contributed by atoms with E-state index in [0.29, 0.717) is 43.0 Å². The average molecular weight is 523 g/mol.